The molecule has 27 heavy (non-hydrogen) atoms. The second-order valence-corrected chi connectivity index (χ2v) is 7.02. The van der Waals surface area contributed by atoms with Crippen molar-refractivity contribution >= 4 is 11.0 Å². The van der Waals surface area contributed by atoms with Gasteiger partial charge in [0, 0.05) is 6.54 Å². The van der Waals surface area contributed by atoms with Gasteiger partial charge in [-0.3, -0.25) is 5.41 Å². The second-order valence-electron chi connectivity index (χ2n) is 7.02. The summed E-state index contributed by atoms with van der Waals surface area (Å²) in [5.41, 5.74) is 3.23. The molecule has 0 fully saturated rings. The van der Waals surface area contributed by atoms with Gasteiger partial charge in [-0.25, -0.2) is 0 Å². The Morgan fingerprint density at radius 3 is 2.26 bits per heavy atom. The van der Waals surface area contributed by atoms with Crippen LogP contribution >= 0.6 is 0 Å². The monoisotopic (exact) mass is 368 g/mol. The number of para-hydroxylation sites is 2. The molecule has 1 heterocycles. The molecule has 0 aliphatic rings. The van der Waals surface area contributed by atoms with Crippen molar-refractivity contribution in [1.29, 1.82) is 5.41 Å². The Labute approximate surface area is 159 Å². The third kappa shape index (κ3) is 4.23. The molecular weight excluding hydrogens is 340 g/mol. The number of aliphatic hydroxyl groups is 1. The SMILES string of the molecule is COc1ccc([C@@H](O)Cn2c(=N)n(CCCN(C)C)c3ccccc32)cc1. The molecule has 1 aromatic heterocycles. The average molecular weight is 368 g/mol. The summed E-state index contributed by atoms with van der Waals surface area (Å²) in [5, 5.41) is 19.4. The summed E-state index contributed by atoms with van der Waals surface area (Å²) in [6, 6.07) is 15.4. The van der Waals surface area contributed by atoms with Crippen LogP contribution in [0.15, 0.2) is 48.5 Å². The quantitative estimate of drug-likeness (QED) is 0.642. The summed E-state index contributed by atoms with van der Waals surface area (Å²) in [4.78, 5) is 2.15. The number of hydrogen-bond donors (Lipinski definition) is 2. The zero-order chi connectivity index (χ0) is 19.4. The van der Waals surface area contributed by atoms with Crippen molar-refractivity contribution in [3.05, 3.63) is 59.7 Å². The van der Waals surface area contributed by atoms with E-state index in [-0.39, 0.29) is 0 Å². The van der Waals surface area contributed by atoms with Gasteiger partial charge in [0.15, 0.2) is 0 Å². The van der Waals surface area contributed by atoms with Crippen LogP contribution in [-0.2, 0) is 13.1 Å². The van der Waals surface area contributed by atoms with Crippen LogP contribution in [0.3, 0.4) is 0 Å². The molecule has 6 nitrogen and oxygen atoms in total. The Morgan fingerprint density at radius 1 is 1.04 bits per heavy atom. The number of aryl methyl sites for hydroxylation is 1. The molecule has 0 aliphatic heterocycles. The highest BCUT2D eigenvalue weighted by Gasteiger charge is 2.15. The molecule has 144 valence electrons. The largest absolute Gasteiger partial charge is 0.497 e. The maximum Gasteiger partial charge on any atom is 0.203 e. The molecule has 0 saturated heterocycles. The van der Waals surface area contributed by atoms with Crippen LogP contribution in [0.25, 0.3) is 11.0 Å². The average Bonchev–Trinajstić information content (AvgIpc) is 2.93. The fourth-order valence-corrected chi connectivity index (χ4v) is 3.36. The topological polar surface area (TPSA) is 66.4 Å². The molecule has 3 aromatic rings. The first-order valence-corrected chi connectivity index (χ1v) is 9.20. The molecule has 3 rings (SSSR count). The highest BCUT2D eigenvalue weighted by atomic mass is 16.5. The molecule has 2 aromatic carbocycles. The first-order chi connectivity index (χ1) is 13.0. The van der Waals surface area contributed by atoms with Gasteiger partial charge >= 0.3 is 0 Å². The van der Waals surface area contributed by atoms with E-state index in [2.05, 4.69) is 19.0 Å². The van der Waals surface area contributed by atoms with Gasteiger partial charge in [-0.05, 0) is 56.9 Å². The highest BCUT2D eigenvalue weighted by molar-refractivity contribution is 5.75. The van der Waals surface area contributed by atoms with Crippen molar-refractivity contribution in [1.82, 2.24) is 14.0 Å². The van der Waals surface area contributed by atoms with E-state index in [0.717, 1.165) is 41.9 Å². The summed E-state index contributed by atoms with van der Waals surface area (Å²) in [7, 11) is 5.74. The van der Waals surface area contributed by atoms with Crippen molar-refractivity contribution in [2.75, 3.05) is 27.7 Å². The zero-order valence-electron chi connectivity index (χ0n) is 16.2. The molecule has 2 N–H and O–H groups in total. The van der Waals surface area contributed by atoms with Crippen LogP contribution in [-0.4, -0.2) is 46.9 Å². The standard InChI is InChI=1S/C21H28N4O2/c1-23(2)13-6-14-24-18-7-4-5-8-19(18)25(21(24)22)15-20(26)16-9-11-17(27-3)12-10-16/h4-5,7-12,20,22,26H,6,13-15H2,1-3H3/t20-/m0/s1. The summed E-state index contributed by atoms with van der Waals surface area (Å²) in [6.45, 7) is 2.09. The van der Waals surface area contributed by atoms with Crippen LogP contribution in [0.2, 0.25) is 0 Å². The van der Waals surface area contributed by atoms with E-state index in [9.17, 15) is 5.11 Å². The Morgan fingerprint density at radius 2 is 1.67 bits per heavy atom. The van der Waals surface area contributed by atoms with Crippen molar-refractivity contribution in [2.24, 2.45) is 0 Å². The van der Waals surface area contributed by atoms with E-state index in [1.54, 1.807) is 7.11 Å². The molecule has 6 heteroatoms. The number of aliphatic hydroxyl groups excluding tert-OH is 1. The van der Waals surface area contributed by atoms with Crippen molar-refractivity contribution in [3.8, 4) is 5.75 Å². The Hall–Kier alpha value is -2.57. The number of fused-ring (bicyclic) bond motifs is 1. The number of benzene rings is 2. The number of methoxy groups -OCH3 is 1. The van der Waals surface area contributed by atoms with E-state index in [4.69, 9.17) is 10.1 Å². The third-order valence-corrected chi connectivity index (χ3v) is 4.82. The summed E-state index contributed by atoms with van der Waals surface area (Å²) >= 11 is 0. The van der Waals surface area contributed by atoms with Gasteiger partial charge in [-0.2, -0.15) is 0 Å². The molecule has 0 spiro atoms. The minimum Gasteiger partial charge on any atom is -0.497 e. The van der Waals surface area contributed by atoms with Gasteiger partial charge in [0.25, 0.3) is 0 Å². The number of ether oxygens (including phenoxy) is 1. The van der Waals surface area contributed by atoms with Gasteiger partial charge in [-0.1, -0.05) is 24.3 Å². The number of nitrogens with one attached hydrogen (secondary N) is 1. The van der Waals surface area contributed by atoms with E-state index in [1.807, 2.05) is 57.7 Å². The first-order valence-electron chi connectivity index (χ1n) is 9.20. The lowest BCUT2D eigenvalue weighted by Gasteiger charge is -2.13. The normalized spacial score (nSPS) is 12.6. The van der Waals surface area contributed by atoms with Crippen LogP contribution in [0, 0.1) is 5.41 Å². The summed E-state index contributed by atoms with van der Waals surface area (Å²) < 4.78 is 9.09. The first kappa shape index (κ1) is 19.2. The van der Waals surface area contributed by atoms with Gasteiger partial charge < -0.3 is 23.9 Å². The minimum atomic E-state index is -0.689. The summed E-state index contributed by atoms with van der Waals surface area (Å²) in [5.74, 6) is 0.761. The van der Waals surface area contributed by atoms with E-state index in [1.165, 1.54) is 0 Å². The van der Waals surface area contributed by atoms with Crippen molar-refractivity contribution < 1.29 is 9.84 Å². The Balaban J connectivity index is 1.89. The lowest BCUT2D eigenvalue weighted by Crippen LogP contribution is -2.27. The molecule has 1 atom stereocenters. The highest BCUT2D eigenvalue weighted by Crippen LogP contribution is 2.21. The van der Waals surface area contributed by atoms with E-state index >= 15 is 0 Å². The number of nitrogens with zero attached hydrogens (tertiary/aromatic N) is 3. The summed E-state index contributed by atoms with van der Waals surface area (Å²) in [6.07, 6.45) is 0.282. The molecule has 0 unspecified atom stereocenters. The fraction of sp³-hybridized carbons (Fsp3) is 0.381. The molecular formula is C21H28N4O2. The molecule has 0 saturated carbocycles. The number of hydrogen-bond acceptors (Lipinski definition) is 4. The number of imidazole rings is 1. The lowest BCUT2D eigenvalue weighted by atomic mass is 10.1. The van der Waals surface area contributed by atoms with Gasteiger partial charge in [0.05, 0.1) is 30.8 Å². The molecule has 0 radical (unpaired) electrons. The van der Waals surface area contributed by atoms with E-state index < -0.39 is 6.10 Å². The smallest absolute Gasteiger partial charge is 0.203 e. The lowest BCUT2D eigenvalue weighted by molar-refractivity contribution is 0.155. The van der Waals surface area contributed by atoms with Crippen LogP contribution < -0.4 is 10.4 Å². The minimum absolute atomic E-state index is 0.340. The number of aromatic nitrogens is 2. The third-order valence-electron chi connectivity index (χ3n) is 4.82. The van der Waals surface area contributed by atoms with Gasteiger partial charge in [0.1, 0.15) is 5.75 Å². The van der Waals surface area contributed by atoms with Crippen molar-refractivity contribution in [2.45, 2.75) is 25.6 Å². The van der Waals surface area contributed by atoms with Gasteiger partial charge in [-0.15, -0.1) is 0 Å². The van der Waals surface area contributed by atoms with Gasteiger partial charge in [0.2, 0.25) is 5.62 Å². The Kier molecular flexibility index (Phi) is 5.98. The Bertz CT molecular complexity index is 941. The molecule has 0 aliphatic carbocycles. The predicted molar refractivity (Wildman–Crippen MR) is 107 cm³/mol. The van der Waals surface area contributed by atoms with Crippen molar-refractivity contribution in [3.63, 3.8) is 0 Å². The molecule has 0 amide bonds. The van der Waals surface area contributed by atoms with Crippen LogP contribution in [0.5, 0.6) is 5.75 Å². The second kappa shape index (κ2) is 8.41. The maximum absolute atomic E-state index is 10.7. The van der Waals surface area contributed by atoms with Crippen LogP contribution in [0.1, 0.15) is 18.1 Å². The molecule has 0 bridgehead atoms. The maximum atomic E-state index is 10.7. The zero-order valence-corrected chi connectivity index (χ0v) is 16.2. The predicted octanol–water partition coefficient (Wildman–Crippen LogP) is 2.62. The van der Waals surface area contributed by atoms with E-state index in [0.29, 0.717) is 12.2 Å². The number of rotatable bonds is 8. The van der Waals surface area contributed by atoms with Crippen LogP contribution in [0.4, 0.5) is 0 Å². The fourth-order valence-electron chi connectivity index (χ4n) is 3.36.